The van der Waals surface area contributed by atoms with E-state index in [9.17, 15) is 5.11 Å². The Kier molecular flexibility index (Phi) is 2.93. The molecule has 3 heteroatoms. The molecule has 15 heavy (non-hydrogen) atoms. The van der Waals surface area contributed by atoms with E-state index in [1.807, 2.05) is 0 Å². The van der Waals surface area contributed by atoms with E-state index in [4.69, 9.17) is 0 Å². The quantitative estimate of drug-likeness (QED) is 0.677. The maximum atomic E-state index is 9.66. The number of nitrogens with one attached hydrogen (secondary N) is 2. The first-order valence-electron chi connectivity index (χ1n) is 5.39. The first-order valence-corrected chi connectivity index (χ1v) is 5.39. The lowest BCUT2D eigenvalue weighted by atomic mass is 10.1. The second kappa shape index (κ2) is 4.21. The minimum Gasteiger partial charge on any atom is -0.390 e. The standard InChI is InChI=1S/C12H18N2O/c1-8-3-9(2)5-10(4-8)14-11-6-13-7-12(11)15/h3-5,11-15H,6-7H2,1-2H3/t11-,12-/m1/s1. The van der Waals surface area contributed by atoms with E-state index in [1.165, 1.54) is 11.1 Å². The summed E-state index contributed by atoms with van der Waals surface area (Å²) in [5, 5.41) is 16.2. The lowest BCUT2D eigenvalue weighted by Crippen LogP contribution is -2.31. The van der Waals surface area contributed by atoms with Crippen LogP contribution in [-0.2, 0) is 0 Å². The number of aliphatic hydroxyl groups is 1. The first kappa shape index (κ1) is 10.5. The third kappa shape index (κ3) is 2.49. The summed E-state index contributed by atoms with van der Waals surface area (Å²) < 4.78 is 0. The number of anilines is 1. The van der Waals surface area contributed by atoms with Gasteiger partial charge in [0.2, 0.25) is 0 Å². The van der Waals surface area contributed by atoms with Crippen molar-refractivity contribution in [1.29, 1.82) is 0 Å². The number of rotatable bonds is 2. The van der Waals surface area contributed by atoms with Crippen LogP contribution in [-0.4, -0.2) is 30.3 Å². The second-order valence-corrected chi connectivity index (χ2v) is 4.35. The maximum Gasteiger partial charge on any atom is 0.0877 e. The smallest absolute Gasteiger partial charge is 0.0877 e. The molecule has 0 saturated carbocycles. The molecule has 3 nitrogen and oxygen atoms in total. The van der Waals surface area contributed by atoms with E-state index >= 15 is 0 Å². The number of β-amino-alcohol motifs (C(OH)–C–C–N with tert-alkyl or cyclic N) is 1. The number of aliphatic hydroxyl groups excluding tert-OH is 1. The molecule has 1 aliphatic rings. The fraction of sp³-hybridized carbons (Fsp3) is 0.500. The normalized spacial score (nSPS) is 25.5. The topological polar surface area (TPSA) is 44.3 Å². The van der Waals surface area contributed by atoms with Crippen molar-refractivity contribution in [1.82, 2.24) is 5.32 Å². The third-order valence-electron chi connectivity index (χ3n) is 2.76. The van der Waals surface area contributed by atoms with Crippen LogP contribution in [0.3, 0.4) is 0 Å². The molecule has 0 radical (unpaired) electrons. The van der Waals surface area contributed by atoms with E-state index in [0.29, 0.717) is 6.54 Å². The van der Waals surface area contributed by atoms with Crippen molar-refractivity contribution in [3.63, 3.8) is 0 Å². The Bertz CT molecular complexity index is 331. The predicted octanol–water partition coefficient (Wildman–Crippen LogP) is 1.05. The molecular weight excluding hydrogens is 188 g/mol. The summed E-state index contributed by atoms with van der Waals surface area (Å²) in [7, 11) is 0. The number of hydrogen-bond donors (Lipinski definition) is 3. The minimum atomic E-state index is -0.286. The zero-order valence-corrected chi connectivity index (χ0v) is 9.25. The van der Waals surface area contributed by atoms with Gasteiger partial charge in [0.1, 0.15) is 0 Å². The van der Waals surface area contributed by atoms with Crippen molar-refractivity contribution in [2.75, 3.05) is 18.4 Å². The predicted molar refractivity (Wildman–Crippen MR) is 62.2 cm³/mol. The molecule has 0 amide bonds. The van der Waals surface area contributed by atoms with Crippen molar-refractivity contribution in [2.45, 2.75) is 26.0 Å². The molecule has 1 saturated heterocycles. The molecule has 2 rings (SSSR count). The van der Waals surface area contributed by atoms with Gasteiger partial charge in [0.15, 0.2) is 0 Å². The lowest BCUT2D eigenvalue weighted by Gasteiger charge is -2.17. The average molecular weight is 206 g/mol. The molecule has 1 aliphatic heterocycles. The minimum absolute atomic E-state index is 0.131. The van der Waals surface area contributed by atoms with Gasteiger partial charge >= 0.3 is 0 Å². The second-order valence-electron chi connectivity index (χ2n) is 4.35. The van der Waals surface area contributed by atoms with Gasteiger partial charge in [-0.05, 0) is 37.1 Å². The van der Waals surface area contributed by atoms with Crippen LogP contribution in [0.5, 0.6) is 0 Å². The zero-order chi connectivity index (χ0) is 10.8. The molecule has 1 fully saturated rings. The molecule has 1 aromatic carbocycles. The van der Waals surface area contributed by atoms with Gasteiger partial charge in [-0.2, -0.15) is 0 Å². The highest BCUT2D eigenvalue weighted by atomic mass is 16.3. The molecule has 3 N–H and O–H groups in total. The zero-order valence-electron chi connectivity index (χ0n) is 9.25. The van der Waals surface area contributed by atoms with Gasteiger partial charge in [0, 0.05) is 18.8 Å². The fourth-order valence-corrected chi connectivity index (χ4v) is 2.08. The van der Waals surface area contributed by atoms with Crippen LogP contribution in [0.25, 0.3) is 0 Å². The summed E-state index contributed by atoms with van der Waals surface area (Å²) in [6.45, 7) is 5.68. The summed E-state index contributed by atoms with van der Waals surface area (Å²) in [4.78, 5) is 0. The van der Waals surface area contributed by atoms with Gasteiger partial charge in [0.05, 0.1) is 12.1 Å². The van der Waals surface area contributed by atoms with Gasteiger partial charge in [-0.1, -0.05) is 6.07 Å². The van der Waals surface area contributed by atoms with Gasteiger partial charge in [-0.15, -0.1) is 0 Å². The van der Waals surface area contributed by atoms with E-state index in [2.05, 4.69) is 42.7 Å². The Morgan fingerprint density at radius 3 is 2.40 bits per heavy atom. The summed E-state index contributed by atoms with van der Waals surface area (Å²) in [6.07, 6.45) is -0.286. The maximum absolute atomic E-state index is 9.66. The first-order chi connectivity index (χ1) is 7.15. The Morgan fingerprint density at radius 1 is 1.20 bits per heavy atom. The number of aryl methyl sites for hydroxylation is 2. The van der Waals surface area contributed by atoms with E-state index in [0.717, 1.165) is 12.2 Å². The molecule has 1 aromatic rings. The van der Waals surface area contributed by atoms with Crippen LogP contribution in [0.2, 0.25) is 0 Å². The Labute approximate surface area is 90.5 Å². The Balaban J connectivity index is 2.10. The van der Waals surface area contributed by atoms with E-state index in [-0.39, 0.29) is 12.1 Å². The van der Waals surface area contributed by atoms with Gasteiger partial charge in [-0.3, -0.25) is 0 Å². The monoisotopic (exact) mass is 206 g/mol. The number of benzene rings is 1. The van der Waals surface area contributed by atoms with Gasteiger partial charge in [-0.25, -0.2) is 0 Å². The highest BCUT2D eigenvalue weighted by molar-refractivity contribution is 5.49. The van der Waals surface area contributed by atoms with E-state index in [1.54, 1.807) is 0 Å². The fourth-order valence-electron chi connectivity index (χ4n) is 2.08. The third-order valence-corrected chi connectivity index (χ3v) is 2.76. The molecule has 0 aromatic heterocycles. The Hall–Kier alpha value is -1.06. The van der Waals surface area contributed by atoms with Crippen molar-refractivity contribution >= 4 is 5.69 Å². The van der Waals surface area contributed by atoms with Crippen molar-refractivity contribution in [2.24, 2.45) is 0 Å². The summed E-state index contributed by atoms with van der Waals surface area (Å²) in [5.41, 5.74) is 3.59. The molecule has 2 atom stereocenters. The summed E-state index contributed by atoms with van der Waals surface area (Å²) in [6, 6.07) is 6.50. The van der Waals surface area contributed by atoms with Crippen LogP contribution in [0.4, 0.5) is 5.69 Å². The van der Waals surface area contributed by atoms with Crippen molar-refractivity contribution in [3.8, 4) is 0 Å². The molecule has 0 aliphatic carbocycles. The molecule has 0 unspecified atom stereocenters. The van der Waals surface area contributed by atoms with Gasteiger partial charge in [0.25, 0.3) is 0 Å². The lowest BCUT2D eigenvalue weighted by molar-refractivity contribution is 0.185. The molecule has 82 valence electrons. The van der Waals surface area contributed by atoms with Crippen LogP contribution in [0, 0.1) is 13.8 Å². The summed E-state index contributed by atoms with van der Waals surface area (Å²) in [5.74, 6) is 0. The molecule has 0 spiro atoms. The molecule has 0 bridgehead atoms. The van der Waals surface area contributed by atoms with Crippen LogP contribution in [0.15, 0.2) is 18.2 Å². The van der Waals surface area contributed by atoms with Crippen molar-refractivity contribution in [3.05, 3.63) is 29.3 Å². The average Bonchev–Trinajstić information content (AvgIpc) is 2.50. The highest BCUT2D eigenvalue weighted by Crippen LogP contribution is 2.16. The van der Waals surface area contributed by atoms with Crippen LogP contribution in [0.1, 0.15) is 11.1 Å². The van der Waals surface area contributed by atoms with Crippen LogP contribution >= 0.6 is 0 Å². The highest BCUT2D eigenvalue weighted by Gasteiger charge is 2.24. The SMILES string of the molecule is Cc1cc(C)cc(N[C@@H]2CNC[C@H]2O)c1. The van der Waals surface area contributed by atoms with Crippen molar-refractivity contribution < 1.29 is 5.11 Å². The molecule has 1 heterocycles. The van der Waals surface area contributed by atoms with Gasteiger partial charge < -0.3 is 15.7 Å². The summed E-state index contributed by atoms with van der Waals surface area (Å²) >= 11 is 0. The number of hydrogen-bond acceptors (Lipinski definition) is 3. The Morgan fingerprint density at radius 2 is 1.87 bits per heavy atom. The van der Waals surface area contributed by atoms with Crippen LogP contribution < -0.4 is 10.6 Å². The molecular formula is C12H18N2O. The van der Waals surface area contributed by atoms with E-state index < -0.39 is 0 Å². The largest absolute Gasteiger partial charge is 0.390 e.